The maximum Gasteiger partial charge on any atom is 0.276 e. The van der Waals surface area contributed by atoms with E-state index in [0.717, 1.165) is 4.88 Å². The molecule has 2 rings (SSSR count). The third kappa shape index (κ3) is 3.83. The molecule has 0 saturated heterocycles. The van der Waals surface area contributed by atoms with E-state index in [4.69, 9.17) is 4.74 Å². The Morgan fingerprint density at radius 3 is 2.52 bits per heavy atom. The van der Waals surface area contributed by atoms with Crippen molar-refractivity contribution >= 4 is 27.1 Å². The van der Waals surface area contributed by atoms with Gasteiger partial charge in [0.15, 0.2) is 0 Å². The summed E-state index contributed by atoms with van der Waals surface area (Å²) in [7, 11) is -2.14. The topological polar surface area (TPSA) is 67.8 Å². The molecule has 0 aliphatic heterocycles. The molecule has 5 nitrogen and oxygen atoms in total. The second kappa shape index (κ2) is 6.73. The first kappa shape index (κ1) is 15.5. The van der Waals surface area contributed by atoms with E-state index < -0.39 is 10.0 Å². The van der Waals surface area contributed by atoms with E-state index in [1.807, 2.05) is 24.4 Å². The van der Waals surface area contributed by atoms with Crippen LogP contribution in [0.2, 0.25) is 0 Å². The number of methoxy groups -OCH3 is 1. The Morgan fingerprint density at radius 1 is 1.29 bits per heavy atom. The SMILES string of the molecule is CC/C(=N/NS(=O)(=O)c1ccc(OC)cc1)c1cccs1. The standard InChI is InChI=1S/C14H16N2O3S2/c1-3-13(14-5-4-10-20-14)15-16-21(17,18)12-8-6-11(19-2)7-9-12/h4-10,16H,3H2,1-2H3/b15-13-. The lowest BCUT2D eigenvalue weighted by atomic mass is 10.2. The summed E-state index contributed by atoms with van der Waals surface area (Å²) in [6.07, 6.45) is 0.644. The van der Waals surface area contributed by atoms with E-state index in [0.29, 0.717) is 17.9 Å². The van der Waals surface area contributed by atoms with Crippen molar-refractivity contribution in [3.05, 3.63) is 46.7 Å². The van der Waals surface area contributed by atoms with Gasteiger partial charge in [-0.1, -0.05) is 13.0 Å². The first-order valence-corrected chi connectivity index (χ1v) is 8.69. The van der Waals surface area contributed by atoms with Gasteiger partial charge in [0.05, 0.1) is 22.6 Å². The number of sulfonamides is 1. The van der Waals surface area contributed by atoms with Gasteiger partial charge < -0.3 is 4.74 Å². The van der Waals surface area contributed by atoms with E-state index in [1.54, 1.807) is 12.1 Å². The van der Waals surface area contributed by atoms with Crippen molar-refractivity contribution in [3.63, 3.8) is 0 Å². The maximum atomic E-state index is 12.2. The molecule has 2 aromatic rings. The van der Waals surface area contributed by atoms with Crippen LogP contribution in [-0.2, 0) is 10.0 Å². The molecule has 112 valence electrons. The molecule has 0 bridgehead atoms. The summed E-state index contributed by atoms with van der Waals surface area (Å²) in [5.74, 6) is 0.602. The molecule has 1 aromatic carbocycles. The second-order valence-corrected chi connectivity index (χ2v) is 6.77. The van der Waals surface area contributed by atoms with Gasteiger partial charge >= 0.3 is 0 Å². The highest BCUT2D eigenvalue weighted by molar-refractivity contribution is 7.89. The van der Waals surface area contributed by atoms with Crippen molar-refractivity contribution in [3.8, 4) is 5.75 Å². The molecular weight excluding hydrogens is 308 g/mol. The fourth-order valence-electron chi connectivity index (χ4n) is 1.67. The van der Waals surface area contributed by atoms with Gasteiger partial charge in [0.1, 0.15) is 5.75 Å². The van der Waals surface area contributed by atoms with Crippen molar-refractivity contribution < 1.29 is 13.2 Å². The van der Waals surface area contributed by atoms with Gasteiger partial charge in [0, 0.05) is 0 Å². The summed E-state index contributed by atoms with van der Waals surface area (Å²) in [5.41, 5.74) is 0.710. The van der Waals surface area contributed by atoms with Crippen LogP contribution in [0.5, 0.6) is 5.75 Å². The monoisotopic (exact) mass is 324 g/mol. The lowest BCUT2D eigenvalue weighted by Gasteiger charge is -2.06. The lowest BCUT2D eigenvalue weighted by Crippen LogP contribution is -2.20. The number of hydrogen-bond donors (Lipinski definition) is 1. The molecule has 0 aliphatic carbocycles. The number of nitrogens with zero attached hydrogens (tertiary/aromatic N) is 1. The summed E-state index contributed by atoms with van der Waals surface area (Å²) >= 11 is 1.52. The third-order valence-corrected chi connectivity index (χ3v) is 4.95. The normalized spacial score (nSPS) is 12.2. The van der Waals surface area contributed by atoms with Crippen LogP contribution >= 0.6 is 11.3 Å². The minimum absolute atomic E-state index is 0.147. The smallest absolute Gasteiger partial charge is 0.276 e. The molecule has 0 spiro atoms. The van der Waals surface area contributed by atoms with Crippen LogP contribution in [0.15, 0.2) is 51.8 Å². The Labute approximate surface area is 128 Å². The Kier molecular flexibility index (Phi) is 4.98. The minimum atomic E-state index is -3.67. The zero-order valence-electron chi connectivity index (χ0n) is 11.7. The van der Waals surface area contributed by atoms with Crippen LogP contribution in [0.4, 0.5) is 0 Å². The number of rotatable bonds is 6. The molecule has 1 aromatic heterocycles. The summed E-state index contributed by atoms with van der Waals surface area (Å²) in [5, 5.41) is 5.96. The Balaban J connectivity index is 2.20. The molecule has 0 atom stereocenters. The van der Waals surface area contributed by atoms with Crippen LogP contribution in [0.1, 0.15) is 18.2 Å². The van der Waals surface area contributed by atoms with Crippen molar-refractivity contribution in [1.29, 1.82) is 0 Å². The molecule has 0 saturated carbocycles. The van der Waals surface area contributed by atoms with Gasteiger partial charge in [-0.05, 0) is 42.1 Å². The molecule has 0 amide bonds. The molecular formula is C14H16N2O3S2. The van der Waals surface area contributed by atoms with Crippen LogP contribution in [-0.4, -0.2) is 21.2 Å². The zero-order valence-corrected chi connectivity index (χ0v) is 13.4. The number of ether oxygens (including phenoxy) is 1. The first-order valence-electron chi connectivity index (χ1n) is 6.33. The van der Waals surface area contributed by atoms with E-state index in [-0.39, 0.29) is 4.90 Å². The zero-order chi connectivity index (χ0) is 15.3. The van der Waals surface area contributed by atoms with Crippen LogP contribution in [0, 0.1) is 0 Å². The fraction of sp³-hybridized carbons (Fsp3) is 0.214. The Bertz CT molecular complexity index is 705. The van der Waals surface area contributed by atoms with E-state index in [9.17, 15) is 8.42 Å². The molecule has 7 heteroatoms. The predicted molar refractivity (Wildman–Crippen MR) is 84.5 cm³/mol. The first-order chi connectivity index (χ1) is 10.1. The molecule has 0 unspecified atom stereocenters. The number of thiophene rings is 1. The van der Waals surface area contributed by atoms with E-state index in [2.05, 4.69) is 9.93 Å². The average molecular weight is 324 g/mol. The molecule has 0 fully saturated rings. The quantitative estimate of drug-likeness (QED) is 0.656. The molecule has 0 radical (unpaired) electrons. The van der Waals surface area contributed by atoms with Crippen molar-refractivity contribution in [2.45, 2.75) is 18.2 Å². The van der Waals surface area contributed by atoms with Gasteiger partial charge in [-0.2, -0.15) is 18.4 Å². The van der Waals surface area contributed by atoms with Crippen LogP contribution < -0.4 is 9.57 Å². The summed E-state index contributed by atoms with van der Waals surface area (Å²) in [6, 6.07) is 9.97. The van der Waals surface area contributed by atoms with Gasteiger partial charge in [0.25, 0.3) is 10.0 Å². The number of hydrogen-bond acceptors (Lipinski definition) is 5. The highest BCUT2D eigenvalue weighted by Crippen LogP contribution is 2.16. The number of benzene rings is 1. The lowest BCUT2D eigenvalue weighted by molar-refractivity contribution is 0.414. The summed E-state index contributed by atoms with van der Waals surface area (Å²) in [4.78, 5) is 3.38. The molecule has 1 heterocycles. The van der Waals surface area contributed by atoms with Crippen molar-refractivity contribution in [2.24, 2.45) is 5.10 Å². The highest BCUT2D eigenvalue weighted by atomic mass is 32.2. The third-order valence-electron chi connectivity index (χ3n) is 2.81. The maximum absolute atomic E-state index is 12.2. The van der Waals surface area contributed by atoms with Gasteiger partial charge in [-0.15, -0.1) is 11.3 Å². The summed E-state index contributed by atoms with van der Waals surface area (Å²) in [6.45, 7) is 1.93. The van der Waals surface area contributed by atoms with E-state index in [1.165, 1.54) is 30.6 Å². The Hall–Kier alpha value is -1.86. The molecule has 0 aliphatic rings. The molecule has 1 N–H and O–H groups in total. The predicted octanol–water partition coefficient (Wildman–Crippen LogP) is 2.85. The Morgan fingerprint density at radius 2 is 2.00 bits per heavy atom. The van der Waals surface area contributed by atoms with Crippen molar-refractivity contribution in [2.75, 3.05) is 7.11 Å². The van der Waals surface area contributed by atoms with Crippen LogP contribution in [0.25, 0.3) is 0 Å². The van der Waals surface area contributed by atoms with Gasteiger partial charge in [-0.25, -0.2) is 0 Å². The number of nitrogens with one attached hydrogen (secondary N) is 1. The average Bonchev–Trinajstić information content (AvgIpc) is 3.02. The molecule has 21 heavy (non-hydrogen) atoms. The van der Waals surface area contributed by atoms with Crippen LogP contribution in [0.3, 0.4) is 0 Å². The summed E-state index contributed by atoms with van der Waals surface area (Å²) < 4.78 is 29.3. The highest BCUT2D eigenvalue weighted by Gasteiger charge is 2.13. The minimum Gasteiger partial charge on any atom is -0.497 e. The largest absolute Gasteiger partial charge is 0.497 e. The van der Waals surface area contributed by atoms with Gasteiger partial charge in [-0.3, -0.25) is 0 Å². The van der Waals surface area contributed by atoms with E-state index >= 15 is 0 Å². The number of hydrazone groups is 1. The van der Waals surface area contributed by atoms with Gasteiger partial charge in [0.2, 0.25) is 0 Å². The fourth-order valence-corrected chi connectivity index (χ4v) is 3.29. The van der Waals surface area contributed by atoms with Crippen molar-refractivity contribution in [1.82, 2.24) is 4.83 Å². The second-order valence-electron chi connectivity index (χ2n) is 4.16.